The molecule has 2 aromatic carbocycles. The molecular weight excluding hydrogens is 378 g/mol. The quantitative estimate of drug-likeness (QED) is 0.649. The van der Waals surface area contributed by atoms with Crippen LogP contribution in [-0.4, -0.2) is 36.9 Å². The Morgan fingerprint density at radius 1 is 1.18 bits per heavy atom. The zero-order valence-electron chi connectivity index (χ0n) is 15.7. The number of hydrogen-bond donors (Lipinski definition) is 1. The number of nitrogens with zero attached hydrogens (tertiary/aromatic N) is 2. The monoisotopic (exact) mass is 399 g/mol. The molecule has 0 aliphatic rings. The molecule has 2 aromatic rings. The first-order valence-electron chi connectivity index (χ1n) is 8.90. The molecule has 0 fully saturated rings. The van der Waals surface area contributed by atoms with Crippen LogP contribution in [-0.2, 0) is 9.59 Å². The van der Waals surface area contributed by atoms with Crippen LogP contribution >= 0.6 is 11.6 Å². The summed E-state index contributed by atoms with van der Waals surface area (Å²) in [6.45, 7) is 0.434. The summed E-state index contributed by atoms with van der Waals surface area (Å²) in [4.78, 5) is 25.6. The van der Waals surface area contributed by atoms with Crippen molar-refractivity contribution in [1.29, 1.82) is 5.26 Å². The SMILES string of the molecule is CN(CC(=O)Nc1cccc(Cl)c1)C(=O)CCCCOc1cccc(C#N)c1. The first-order valence-corrected chi connectivity index (χ1v) is 9.28. The smallest absolute Gasteiger partial charge is 0.243 e. The lowest BCUT2D eigenvalue weighted by atomic mass is 10.2. The molecule has 2 rings (SSSR count). The number of hydrogen-bond acceptors (Lipinski definition) is 4. The summed E-state index contributed by atoms with van der Waals surface area (Å²) in [7, 11) is 1.60. The van der Waals surface area contributed by atoms with E-state index in [1.807, 2.05) is 0 Å². The molecule has 1 N–H and O–H groups in total. The van der Waals surface area contributed by atoms with Crippen LogP contribution in [0.5, 0.6) is 5.75 Å². The van der Waals surface area contributed by atoms with Crippen molar-refractivity contribution < 1.29 is 14.3 Å². The molecule has 0 spiro atoms. The second-order valence-corrected chi connectivity index (χ2v) is 6.69. The van der Waals surface area contributed by atoms with Crippen LogP contribution in [0.4, 0.5) is 5.69 Å². The van der Waals surface area contributed by atoms with Crippen LogP contribution in [0.25, 0.3) is 0 Å². The third-order valence-electron chi connectivity index (χ3n) is 3.93. The summed E-state index contributed by atoms with van der Waals surface area (Å²) in [6, 6.07) is 15.8. The summed E-state index contributed by atoms with van der Waals surface area (Å²) < 4.78 is 5.58. The zero-order chi connectivity index (χ0) is 20.4. The normalized spacial score (nSPS) is 10.0. The van der Waals surface area contributed by atoms with E-state index in [4.69, 9.17) is 21.6 Å². The van der Waals surface area contributed by atoms with E-state index in [0.29, 0.717) is 47.9 Å². The van der Waals surface area contributed by atoms with Gasteiger partial charge in [0.05, 0.1) is 24.8 Å². The Bertz CT molecular complexity index is 864. The summed E-state index contributed by atoms with van der Waals surface area (Å²) in [5.41, 5.74) is 1.14. The number of ether oxygens (including phenoxy) is 1. The lowest BCUT2D eigenvalue weighted by Crippen LogP contribution is -2.34. The van der Waals surface area contributed by atoms with E-state index in [9.17, 15) is 9.59 Å². The van der Waals surface area contributed by atoms with Crippen molar-refractivity contribution in [2.45, 2.75) is 19.3 Å². The molecule has 0 aliphatic heterocycles. The van der Waals surface area contributed by atoms with Gasteiger partial charge in [-0.25, -0.2) is 0 Å². The van der Waals surface area contributed by atoms with Gasteiger partial charge in [0, 0.05) is 24.2 Å². The van der Waals surface area contributed by atoms with Crippen molar-refractivity contribution >= 4 is 29.1 Å². The Kier molecular flexibility index (Phi) is 8.32. The maximum atomic E-state index is 12.1. The number of benzene rings is 2. The van der Waals surface area contributed by atoms with E-state index in [-0.39, 0.29) is 18.4 Å². The van der Waals surface area contributed by atoms with Crippen molar-refractivity contribution in [3.63, 3.8) is 0 Å². The molecule has 28 heavy (non-hydrogen) atoms. The number of likely N-dealkylation sites (N-methyl/N-ethyl adjacent to an activating group) is 1. The summed E-state index contributed by atoms with van der Waals surface area (Å²) in [5, 5.41) is 12.1. The Morgan fingerprint density at radius 2 is 1.96 bits per heavy atom. The summed E-state index contributed by atoms with van der Waals surface area (Å²) in [5.74, 6) is 0.256. The number of nitriles is 1. The van der Waals surface area contributed by atoms with Gasteiger partial charge in [0.1, 0.15) is 5.75 Å². The lowest BCUT2D eigenvalue weighted by Gasteiger charge is -2.17. The van der Waals surface area contributed by atoms with Gasteiger partial charge in [-0.15, -0.1) is 0 Å². The number of amides is 2. The molecule has 0 radical (unpaired) electrons. The fourth-order valence-corrected chi connectivity index (χ4v) is 2.68. The Morgan fingerprint density at radius 3 is 2.71 bits per heavy atom. The van der Waals surface area contributed by atoms with E-state index in [1.54, 1.807) is 55.6 Å². The second kappa shape index (κ2) is 11.0. The minimum atomic E-state index is -0.279. The Hall–Kier alpha value is -3.04. The Labute approximate surface area is 169 Å². The number of halogens is 1. The van der Waals surface area contributed by atoms with Crippen LogP contribution in [0.2, 0.25) is 5.02 Å². The first-order chi connectivity index (χ1) is 13.5. The van der Waals surface area contributed by atoms with E-state index in [2.05, 4.69) is 11.4 Å². The molecule has 0 aromatic heterocycles. The number of carbonyl (C=O) groups is 2. The highest BCUT2D eigenvalue weighted by molar-refractivity contribution is 6.30. The van der Waals surface area contributed by atoms with Crippen LogP contribution in [0, 0.1) is 11.3 Å². The molecule has 0 aliphatic carbocycles. The zero-order valence-corrected chi connectivity index (χ0v) is 16.4. The minimum Gasteiger partial charge on any atom is -0.494 e. The molecule has 0 saturated heterocycles. The van der Waals surface area contributed by atoms with Gasteiger partial charge >= 0.3 is 0 Å². The maximum Gasteiger partial charge on any atom is 0.243 e. The van der Waals surface area contributed by atoms with E-state index < -0.39 is 0 Å². The topological polar surface area (TPSA) is 82.4 Å². The van der Waals surface area contributed by atoms with Crippen molar-refractivity contribution in [1.82, 2.24) is 4.90 Å². The van der Waals surface area contributed by atoms with Crippen LogP contribution in [0.1, 0.15) is 24.8 Å². The largest absolute Gasteiger partial charge is 0.494 e. The molecule has 0 bridgehead atoms. The maximum absolute atomic E-state index is 12.1. The molecule has 2 amide bonds. The molecule has 0 atom stereocenters. The summed E-state index contributed by atoms with van der Waals surface area (Å²) >= 11 is 5.88. The van der Waals surface area contributed by atoms with E-state index in [0.717, 1.165) is 0 Å². The molecule has 0 unspecified atom stereocenters. The number of unbranched alkanes of at least 4 members (excludes halogenated alkanes) is 1. The van der Waals surface area contributed by atoms with Crippen molar-refractivity contribution in [2.24, 2.45) is 0 Å². The molecule has 6 nitrogen and oxygen atoms in total. The fourth-order valence-electron chi connectivity index (χ4n) is 2.48. The van der Waals surface area contributed by atoms with Crippen molar-refractivity contribution in [3.05, 3.63) is 59.1 Å². The number of anilines is 1. The molecule has 7 heteroatoms. The standard InChI is InChI=1S/C21H22ClN3O3/c1-25(15-20(26)24-18-8-5-7-17(22)13-18)21(27)10-2-3-11-28-19-9-4-6-16(12-19)14-23/h4-9,12-13H,2-3,10-11,15H2,1H3,(H,24,26). The highest BCUT2D eigenvalue weighted by Gasteiger charge is 2.13. The van der Waals surface area contributed by atoms with E-state index >= 15 is 0 Å². The van der Waals surface area contributed by atoms with Gasteiger partial charge in [-0.05, 0) is 49.2 Å². The van der Waals surface area contributed by atoms with Crippen LogP contribution in [0.3, 0.4) is 0 Å². The van der Waals surface area contributed by atoms with Gasteiger partial charge in [0.15, 0.2) is 0 Å². The van der Waals surface area contributed by atoms with Gasteiger partial charge in [-0.3, -0.25) is 9.59 Å². The average molecular weight is 400 g/mol. The van der Waals surface area contributed by atoms with Crippen LogP contribution in [0.15, 0.2) is 48.5 Å². The average Bonchev–Trinajstić information content (AvgIpc) is 2.67. The van der Waals surface area contributed by atoms with Gasteiger partial charge in [-0.2, -0.15) is 5.26 Å². The highest BCUT2D eigenvalue weighted by Crippen LogP contribution is 2.15. The van der Waals surface area contributed by atoms with Gasteiger partial charge < -0.3 is 15.0 Å². The van der Waals surface area contributed by atoms with Gasteiger partial charge in [0.25, 0.3) is 0 Å². The van der Waals surface area contributed by atoms with Crippen molar-refractivity contribution in [3.8, 4) is 11.8 Å². The van der Waals surface area contributed by atoms with E-state index in [1.165, 1.54) is 4.90 Å². The van der Waals surface area contributed by atoms with Crippen molar-refractivity contribution in [2.75, 3.05) is 25.5 Å². The second-order valence-electron chi connectivity index (χ2n) is 6.25. The molecule has 0 saturated carbocycles. The van der Waals surface area contributed by atoms with Gasteiger partial charge in [0.2, 0.25) is 11.8 Å². The first kappa shape index (κ1) is 21.3. The molecule has 146 valence electrons. The lowest BCUT2D eigenvalue weighted by molar-refractivity contribution is -0.133. The predicted octanol–water partition coefficient (Wildman–Crippen LogP) is 3.86. The number of nitrogens with one attached hydrogen (secondary N) is 1. The summed E-state index contributed by atoms with van der Waals surface area (Å²) in [6.07, 6.45) is 1.69. The van der Waals surface area contributed by atoms with Crippen LogP contribution < -0.4 is 10.1 Å². The molecule has 0 heterocycles. The highest BCUT2D eigenvalue weighted by atomic mass is 35.5. The minimum absolute atomic E-state index is 0.0250. The predicted molar refractivity (Wildman–Crippen MR) is 108 cm³/mol. The van der Waals surface area contributed by atoms with Gasteiger partial charge in [-0.1, -0.05) is 23.7 Å². The Balaban J connectivity index is 1.65. The third-order valence-corrected chi connectivity index (χ3v) is 4.17. The third kappa shape index (κ3) is 7.29. The number of rotatable bonds is 9. The molecular formula is C21H22ClN3O3. The fraction of sp³-hybridized carbons (Fsp3) is 0.286. The number of carbonyl (C=O) groups excluding carboxylic acids is 2.